The molecule has 0 saturated heterocycles. The van der Waals surface area contributed by atoms with Crippen LogP contribution in [-0.4, -0.2) is 19.7 Å². The minimum absolute atomic E-state index is 0.377. The van der Waals surface area contributed by atoms with E-state index in [1.807, 2.05) is 10.9 Å². The predicted octanol–water partition coefficient (Wildman–Crippen LogP) is 1.93. The Kier molecular flexibility index (Phi) is 2.22. The van der Waals surface area contributed by atoms with Gasteiger partial charge in [0.05, 0.1) is 11.9 Å². The van der Waals surface area contributed by atoms with Crippen molar-refractivity contribution in [2.75, 3.05) is 5.32 Å². The summed E-state index contributed by atoms with van der Waals surface area (Å²) in [5.41, 5.74) is 0.939. The highest BCUT2D eigenvalue weighted by Gasteiger charge is 2.02. The van der Waals surface area contributed by atoms with Crippen LogP contribution in [0.15, 0.2) is 24.8 Å². The molecule has 0 aliphatic rings. The Balaban J connectivity index is 2.11. The van der Waals surface area contributed by atoms with Crippen molar-refractivity contribution >= 4 is 11.6 Å². The molecule has 0 aliphatic carbocycles. The van der Waals surface area contributed by atoms with Crippen LogP contribution in [0, 0.1) is 0 Å². The summed E-state index contributed by atoms with van der Waals surface area (Å²) in [6.45, 7) is 4.17. The zero-order valence-corrected chi connectivity index (χ0v) is 8.23. The molecular formula is C9H13N5. The van der Waals surface area contributed by atoms with Gasteiger partial charge in [0.25, 0.3) is 0 Å². The molecule has 0 spiro atoms. The number of anilines is 2. The SMILES string of the molecule is CC(C)n1cc(Nc2ncc[nH]2)cn1. The van der Waals surface area contributed by atoms with E-state index in [0.29, 0.717) is 6.04 Å². The molecule has 0 atom stereocenters. The van der Waals surface area contributed by atoms with Crippen molar-refractivity contribution < 1.29 is 0 Å². The molecule has 2 heterocycles. The van der Waals surface area contributed by atoms with Crippen molar-refractivity contribution in [3.63, 3.8) is 0 Å². The average Bonchev–Trinajstić information content (AvgIpc) is 2.75. The second-order valence-electron chi connectivity index (χ2n) is 3.37. The van der Waals surface area contributed by atoms with Gasteiger partial charge in [-0.25, -0.2) is 4.98 Å². The second-order valence-corrected chi connectivity index (χ2v) is 3.37. The van der Waals surface area contributed by atoms with E-state index in [1.54, 1.807) is 18.6 Å². The Morgan fingerprint density at radius 3 is 2.93 bits per heavy atom. The second kappa shape index (κ2) is 3.53. The zero-order valence-electron chi connectivity index (χ0n) is 8.23. The van der Waals surface area contributed by atoms with Gasteiger partial charge in [0.1, 0.15) is 0 Å². The number of aromatic nitrogens is 4. The lowest BCUT2D eigenvalue weighted by Gasteiger charge is -2.03. The molecule has 2 aromatic heterocycles. The summed E-state index contributed by atoms with van der Waals surface area (Å²) >= 11 is 0. The average molecular weight is 191 g/mol. The quantitative estimate of drug-likeness (QED) is 0.779. The van der Waals surface area contributed by atoms with Gasteiger partial charge in [-0.2, -0.15) is 5.10 Å². The molecule has 5 nitrogen and oxygen atoms in total. The summed E-state index contributed by atoms with van der Waals surface area (Å²) in [5, 5.41) is 7.32. The van der Waals surface area contributed by atoms with E-state index in [2.05, 4.69) is 34.2 Å². The molecule has 0 saturated carbocycles. The molecule has 0 aromatic carbocycles. The zero-order chi connectivity index (χ0) is 9.97. The highest BCUT2D eigenvalue weighted by atomic mass is 15.3. The molecule has 74 valence electrons. The Hall–Kier alpha value is -1.78. The van der Waals surface area contributed by atoms with Gasteiger partial charge in [-0.15, -0.1) is 0 Å². The molecule has 2 aromatic rings. The van der Waals surface area contributed by atoms with Crippen LogP contribution in [0.5, 0.6) is 0 Å². The topological polar surface area (TPSA) is 58.5 Å². The minimum atomic E-state index is 0.377. The molecule has 0 bridgehead atoms. The monoisotopic (exact) mass is 191 g/mol. The smallest absolute Gasteiger partial charge is 0.204 e. The van der Waals surface area contributed by atoms with E-state index >= 15 is 0 Å². The summed E-state index contributed by atoms with van der Waals surface area (Å²) in [4.78, 5) is 7.03. The standard InChI is InChI=1S/C9H13N5/c1-7(2)14-6-8(5-12-14)13-9-10-3-4-11-9/h3-7H,1-2H3,(H2,10,11,13). The molecule has 0 unspecified atom stereocenters. The lowest BCUT2D eigenvalue weighted by Crippen LogP contribution is -2.00. The number of hydrogen-bond donors (Lipinski definition) is 2. The summed E-state index contributed by atoms with van der Waals surface area (Å²) < 4.78 is 1.89. The maximum absolute atomic E-state index is 4.21. The Morgan fingerprint density at radius 2 is 2.36 bits per heavy atom. The molecule has 0 aliphatic heterocycles. The summed E-state index contributed by atoms with van der Waals surface area (Å²) in [7, 11) is 0. The van der Waals surface area contributed by atoms with Crippen molar-refractivity contribution in [1.29, 1.82) is 0 Å². The van der Waals surface area contributed by atoms with Gasteiger partial charge in [0, 0.05) is 24.6 Å². The highest BCUT2D eigenvalue weighted by Crippen LogP contribution is 2.13. The first-order valence-electron chi connectivity index (χ1n) is 4.56. The molecular weight excluding hydrogens is 178 g/mol. The molecule has 2 rings (SSSR count). The van der Waals surface area contributed by atoms with Crippen molar-refractivity contribution in [3.05, 3.63) is 24.8 Å². The van der Waals surface area contributed by atoms with E-state index in [1.165, 1.54) is 0 Å². The molecule has 0 amide bonds. The van der Waals surface area contributed by atoms with Crippen LogP contribution < -0.4 is 5.32 Å². The first kappa shape index (κ1) is 8.80. The van der Waals surface area contributed by atoms with Crippen LogP contribution in [0.25, 0.3) is 0 Å². The molecule has 2 N–H and O–H groups in total. The summed E-state index contributed by atoms with van der Waals surface area (Å²) in [6.07, 6.45) is 7.21. The number of rotatable bonds is 3. The van der Waals surface area contributed by atoms with E-state index in [9.17, 15) is 0 Å². The third kappa shape index (κ3) is 1.76. The fraction of sp³-hybridized carbons (Fsp3) is 0.333. The normalized spacial score (nSPS) is 10.8. The van der Waals surface area contributed by atoms with E-state index in [-0.39, 0.29) is 0 Å². The number of nitrogens with one attached hydrogen (secondary N) is 2. The highest BCUT2D eigenvalue weighted by molar-refractivity contribution is 5.49. The number of aromatic amines is 1. The van der Waals surface area contributed by atoms with E-state index in [0.717, 1.165) is 11.6 Å². The van der Waals surface area contributed by atoms with Gasteiger partial charge in [0.2, 0.25) is 5.95 Å². The molecule has 14 heavy (non-hydrogen) atoms. The Bertz CT molecular complexity index is 387. The molecule has 0 fully saturated rings. The fourth-order valence-electron chi connectivity index (χ4n) is 1.16. The number of imidazole rings is 1. The van der Waals surface area contributed by atoms with Crippen LogP contribution in [-0.2, 0) is 0 Å². The van der Waals surface area contributed by atoms with E-state index < -0.39 is 0 Å². The number of hydrogen-bond acceptors (Lipinski definition) is 3. The fourth-order valence-corrected chi connectivity index (χ4v) is 1.16. The summed E-state index contributed by atoms with van der Waals surface area (Å²) in [5.74, 6) is 0.730. The minimum Gasteiger partial charge on any atom is -0.331 e. The van der Waals surface area contributed by atoms with Crippen molar-refractivity contribution in [1.82, 2.24) is 19.7 Å². The Labute approximate surface area is 82.2 Å². The lowest BCUT2D eigenvalue weighted by molar-refractivity contribution is 0.532. The van der Waals surface area contributed by atoms with Crippen molar-refractivity contribution in [2.24, 2.45) is 0 Å². The number of nitrogens with zero attached hydrogens (tertiary/aromatic N) is 3. The molecule has 0 radical (unpaired) electrons. The predicted molar refractivity (Wildman–Crippen MR) is 54.5 cm³/mol. The van der Waals surface area contributed by atoms with Crippen LogP contribution in [0.3, 0.4) is 0 Å². The largest absolute Gasteiger partial charge is 0.331 e. The maximum Gasteiger partial charge on any atom is 0.204 e. The molecule has 5 heteroatoms. The first-order valence-corrected chi connectivity index (χ1v) is 4.56. The van der Waals surface area contributed by atoms with Gasteiger partial charge in [-0.1, -0.05) is 0 Å². The van der Waals surface area contributed by atoms with Gasteiger partial charge in [-0.05, 0) is 13.8 Å². The third-order valence-corrected chi connectivity index (χ3v) is 1.89. The van der Waals surface area contributed by atoms with Crippen LogP contribution in [0.2, 0.25) is 0 Å². The van der Waals surface area contributed by atoms with E-state index in [4.69, 9.17) is 0 Å². The van der Waals surface area contributed by atoms with Gasteiger partial charge >= 0.3 is 0 Å². The maximum atomic E-state index is 4.21. The van der Waals surface area contributed by atoms with Gasteiger partial charge in [0.15, 0.2) is 0 Å². The summed E-state index contributed by atoms with van der Waals surface area (Å²) in [6, 6.07) is 0.377. The lowest BCUT2D eigenvalue weighted by atomic mass is 10.4. The van der Waals surface area contributed by atoms with Crippen molar-refractivity contribution in [3.8, 4) is 0 Å². The van der Waals surface area contributed by atoms with Crippen LogP contribution in [0.4, 0.5) is 11.6 Å². The number of H-pyrrole nitrogens is 1. The third-order valence-electron chi connectivity index (χ3n) is 1.89. The Morgan fingerprint density at radius 1 is 1.50 bits per heavy atom. The first-order chi connectivity index (χ1) is 6.75. The van der Waals surface area contributed by atoms with Gasteiger partial charge in [-0.3, -0.25) is 4.68 Å². The van der Waals surface area contributed by atoms with Gasteiger partial charge < -0.3 is 10.3 Å². The van der Waals surface area contributed by atoms with Crippen molar-refractivity contribution in [2.45, 2.75) is 19.9 Å². The van der Waals surface area contributed by atoms with Crippen LogP contribution in [0.1, 0.15) is 19.9 Å². The van der Waals surface area contributed by atoms with Crippen LogP contribution >= 0.6 is 0 Å².